The zero-order valence-electron chi connectivity index (χ0n) is 8.57. The Bertz CT molecular complexity index is 336. The zero-order valence-corrected chi connectivity index (χ0v) is 8.57. The number of nitrogens with zero attached hydrogens (tertiary/aromatic N) is 2. The van der Waals surface area contributed by atoms with Crippen LogP contribution in [0.4, 0.5) is 0 Å². The minimum Gasteiger partial charge on any atom is -0.323 e. The Labute approximate surface area is 84.4 Å². The second-order valence-electron chi connectivity index (χ2n) is 3.01. The molecule has 0 aliphatic rings. The van der Waals surface area contributed by atoms with Crippen LogP contribution >= 0.6 is 0 Å². The maximum Gasteiger partial charge on any atom is 0.108 e. The van der Waals surface area contributed by atoms with E-state index in [0.29, 0.717) is 5.71 Å². The molecule has 0 saturated carbocycles. The van der Waals surface area contributed by atoms with Crippen molar-refractivity contribution in [3.63, 3.8) is 0 Å². The maximum atomic E-state index is 5.28. The van der Waals surface area contributed by atoms with E-state index in [-0.39, 0.29) is 0 Å². The molecule has 0 amide bonds. The summed E-state index contributed by atoms with van der Waals surface area (Å²) in [6.07, 6.45) is 1.70. The first-order valence-corrected chi connectivity index (χ1v) is 4.62. The lowest BCUT2D eigenvalue weighted by atomic mass is 10.1. The number of hydrogen-bond acceptors (Lipinski definition) is 3. The van der Waals surface area contributed by atoms with Crippen molar-refractivity contribution in [3.8, 4) is 0 Å². The Morgan fingerprint density at radius 1 is 1.36 bits per heavy atom. The fourth-order valence-electron chi connectivity index (χ4n) is 1.08. The third-order valence-corrected chi connectivity index (χ3v) is 1.88. The Hall–Kier alpha value is -1.64. The number of aryl methyl sites for hydroxylation is 1. The third kappa shape index (κ3) is 2.69. The molecule has 0 radical (unpaired) electrons. The van der Waals surface area contributed by atoms with Gasteiger partial charge in [-0.2, -0.15) is 5.10 Å². The maximum absolute atomic E-state index is 5.28. The van der Waals surface area contributed by atoms with Crippen LogP contribution in [0.15, 0.2) is 34.4 Å². The molecule has 0 spiro atoms. The Morgan fingerprint density at radius 3 is 2.50 bits per heavy atom. The van der Waals surface area contributed by atoms with E-state index in [0.717, 1.165) is 12.1 Å². The van der Waals surface area contributed by atoms with Gasteiger partial charge in [0.1, 0.15) is 5.71 Å². The largest absolute Gasteiger partial charge is 0.323 e. The van der Waals surface area contributed by atoms with Gasteiger partial charge >= 0.3 is 0 Å². The monoisotopic (exact) mass is 189 g/mol. The normalized spacial score (nSPS) is 12.3. The van der Waals surface area contributed by atoms with Crippen molar-refractivity contribution in [2.45, 2.75) is 13.8 Å². The Balaban J connectivity index is 2.91. The van der Waals surface area contributed by atoms with Crippen molar-refractivity contribution in [2.75, 3.05) is 6.54 Å². The zero-order chi connectivity index (χ0) is 10.4. The molecule has 3 heteroatoms. The summed E-state index contributed by atoms with van der Waals surface area (Å²) >= 11 is 0. The van der Waals surface area contributed by atoms with Gasteiger partial charge in [0, 0.05) is 18.3 Å². The third-order valence-electron chi connectivity index (χ3n) is 1.88. The molecule has 0 fully saturated rings. The molecule has 0 aliphatic heterocycles. The van der Waals surface area contributed by atoms with Crippen molar-refractivity contribution in [3.05, 3.63) is 35.4 Å². The molecule has 0 atom stereocenters. The minimum absolute atomic E-state index is 0.715. The summed E-state index contributed by atoms with van der Waals surface area (Å²) in [6, 6.07) is 8.03. The standard InChI is InChI=1S/C11H15N3/c1-3-13-8-11(14-12)10-6-4-9(2)5-7-10/h4-8H,3,12H2,1-2H3/b13-8?,14-11+. The van der Waals surface area contributed by atoms with Gasteiger partial charge in [-0.15, -0.1) is 0 Å². The SMILES string of the molecule is CCN=C/C(=N\N)c1ccc(C)cc1. The molecule has 1 aromatic carbocycles. The van der Waals surface area contributed by atoms with Crippen LogP contribution in [0, 0.1) is 6.92 Å². The van der Waals surface area contributed by atoms with Gasteiger partial charge in [-0.25, -0.2) is 0 Å². The quantitative estimate of drug-likeness (QED) is 0.439. The van der Waals surface area contributed by atoms with Crippen LogP contribution in [0.2, 0.25) is 0 Å². The molecule has 0 heterocycles. The topological polar surface area (TPSA) is 50.7 Å². The van der Waals surface area contributed by atoms with E-state index >= 15 is 0 Å². The summed E-state index contributed by atoms with van der Waals surface area (Å²) in [7, 11) is 0. The molecule has 1 aromatic rings. The predicted octanol–water partition coefficient (Wildman–Crippen LogP) is 1.75. The van der Waals surface area contributed by atoms with E-state index in [1.165, 1.54) is 5.56 Å². The summed E-state index contributed by atoms with van der Waals surface area (Å²) in [6.45, 7) is 4.76. The van der Waals surface area contributed by atoms with Crippen LogP contribution in [0.1, 0.15) is 18.1 Å². The molecule has 74 valence electrons. The average Bonchev–Trinajstić information content (AvgIpc) is 2.21. The van der Waals surface area contributed by atoms with Crippen molar-refractivity contribution in [1.29, 1.82) is 0 Å². The molecule has 2 N–H and O–H groups in total. The minimum atomic E-state index is 0.715. The smallest absolute Gasteiger partial charge is 0.108 e. The fourth-order valence-corrected chi connectivity index (χ4v) is 1.08. The highest BCUT2D eigenvalue weighted by atomic mass is 15.1. The number of rotatable bonds is 3. The van der Waals surface area contributed by atoms with Crippen molar-refractivity contribution in [2.24, 2.45) is 15.9 Å². The van der Waals surface area contributed by atoms with Gasteiger partial charge in [-0.05, 0) is 13.8 Å². The van der Waals surface area contributed by atoms with Crippen LogP contribution in [-0.4, -0.2) is 18.5 Å². The van der Waals surface area contributed by atoms with Crippen molar-refractivity contribution < 1.29 is 0 Å². The molecular formula is C11H15N3. The molecule has 0 saturated heterocycles. The molecule has 1 rings (SSSR count). The number of aliphatic imine (C=N–C) groups is 1. The number of nitrogens with two attached hydrogens (primary N) is 1. The predicted molar refractivity (Wildman–Crippen MR) is 60.9 cm³/mol. The highest BCUT2D eigenvalue weighted by molar-refractivity contribution is 6.38. The summed E-state index contributed by atoms with van der Waals surface area (Å²) in [5.41, 5.74) is 2.93. The lowest BCUT2D eigenvalue weighted by molar-refractivity contribution is 1.14. The molecule has 0 bridgehead atoms. The second-order valence-corrected chi connectivity index (χ2v) is 3.01. The highest BCUT2D eigenvalue weighted by Crippen LogP contribution is 2.03. The van der Waals surface area contributed by atoms with Gasteiger partial charge < -0.3 is 5.84 Å². The van der Waals surface area contributed by atoms with Crippen molar-refractivity contribution in [1.82, 2.24) is 0 Å². The van der Waals surface area contributed by atoms with Crippen LogP contribution in [0.5, 0.6) is 0 Å². The van der Waals surface area contributed by atoms with Gasteiger partial charge in [0.25, 0.3) is 0 Å². The highest BCUT2D eigenvalue weighted by Gasteiger charge is 1.98. The summed E-state index contributed by atoms with van der Waals surface area (Å²) in [5.74, 6) is 5.28. The lowest BCUT2D eigenvalue weighted by Crippen LogP contribution is -2.06. The Kier molecular flexibility index (Phi) is 3.85. The molecule has 0 aromatic heterocycles. The molecule has 3 nitrogen and oxygen atoms in total. The van der Waals surface area contributed by atoms with Gasteiger partial charge in [-0.3, -0.25) is 4.99 Å². The van der Waals surface area contributed by atoms with Crippen LogP contribution < -0.4 is 5.84 Å². The number of benzene rings is 1. The van der Waals surface area contributed by atoms with E-state index in [2.05, 4.69) is 10.1 Å². The molecule has 14 heavy (non-hydrogen) atoms. The van der Waals surface area contributed by atoms with Crippen LogP contribution in [0.3, 0.4) is 0 Å². The number of hydrazone groups is 1. The summed E-state index contributed by atoms with van der Waals surface area (Å²) in [4.78, 5) is 4.11. The van der Waals surface area contributed by atoms with Gasteiger partial charge in [-0.1, -0.05) is 29.8 Å². The van der Waals surface area contributed by atoms with Gasteiger partial charge in [0.05, 0.1) is 0 Å². The van der Waals surface area contributed by atoms with E-state index in [9.17, 15) is 0 Å². The van der Waals surface area contributed by atoms with E-state index in [1.807, 2.05) is 38.1 Å². The lowest BCUT2D eigenvalue weighted by Gasteiger charge is -1.99. The second kappa shape index (κ2) is 5.17. The van der Waals surface area contributed by atoms with E-state index in [1.54, 1.807) is 6.21 Å². The summed E-state index contributed by atoms with van der Waals surface area (Å²) in [5, 5.41) is 3.69. The first kappa shape index (κ1) is 10.4. The van der Waals surface area contributed by atoms with Crippen molar-refractivity contribution >= 4 is 11.9 Å². The van der Waals surface area contributed by atoms with E-state index in [4.69, 9.17) is 5.84 Å². The molecule has 0 aliphatic carbocycles. The van der Waals surface area contributed by atoms with E-state index < -0.39 is 0 Å². The Morgan fingerprint density at radius 2 is 2.00 bits per heavy atom. The number of hydrogen-bond donors (Lipinski definition) is 1. The fraction of sp³-hybridized carbons (Fsp3) is 0.273. The van der Waals surface area contributed by atoms with Gasteiger partial charge in [0.15, 0.2) is 0 Å². The first-order chi connectivity index (χ1) is 6.77. The molecular weight excluding hydrogens is 174 g/mol. The first-order valence-electron chi connectivity index (χ1n) is 4.62. The van der Waals surface area contributed by atoms with Gasteiger partial charge in [0.2, 0.25) is 0 Å². The average molecular weight is 189 g/mol. The molecule has 0 unspecified atom stereocenters. The van der Waals surface area contributed by atoms with Crippen LogP contribution in [-0.2, 0) is 0 Å². The van der Waals surface area contributed by atoms with Crippen LogP contribution in [0.25, 0.3) is 0 Å². The summed E-state index contributed by atoms with van der Waals surface area (Å²) < 4.78 is 0.